The van der Waals surface area contributed by atoms with Crippen LogP contribution in [0.5, 0.6) is 5.75 Å². The predicted octanol–water partition coefficient (Wildman–Crippen LogP) is 4.55. The summed E-state index contributed by atoms with van der Waals surface area (Å²) in [5, 5.41) is 3.49. The molecule has 0 saturated carbocycles. The number of hydrogen-bond acceptors (Lipinski definition) is 6. The van der Waals surface area contributed by atoms with E-state index in [1.54, 1.807) is 36.4 Å². The number of ether oxygens (including phenoxy) is 1. The van der Waals surface area contributed by atoms with Gasteiger partial charge in [0.05, 0.1) is 12.8 Å². The van der Waals surface area contributed by atoms with Gasteiger partial charge in [-0.25, -0.2) is 12.8 Å². The van der Waals surface area contributed by atoms with Gasteiger partial charge in [0.1, 0.15) is 15.8 Å². The Morgan fingerprint density at radius 1 is 1.09 bits per heavy atom. The van der Waals surface area contributed by atoms with Crippen LogP contribution in [-0.2, 0) is 10.0 Å². The van der Waals surface area contributed by atoms with Crippen molar-refractivity contribution in [2.45, 2.75) is 30.1 Å². The number of nitrogens with one attached hydrogen (secondary N) is 2. The number of piperazine rings is 1. The number of anilines is 2. The molecule has 1 fully saturated rings. The molecule has 1 aromatic heterocycles. The van der Waals surface area contributed by atoms with E-state index in [4.69, 9.17) is 4.74 Å². The lowest BCUT2D eigenvalue weighted by molar-refractivity contribution is 0.406. The van der Waals surface area contributed by atoms with Gasteiger partial charge in [-0.1, -0.05) is 18.2 Å². The average molecular weight is 476 g/mol. The van der Waals surface area contributed by atoms with Crippen LogP contribution >= 0.6 is 11.3 Å². The number of benzene rings is 2. The molecule has 32 heavy (non-hydrogen) atoms. The zero-order chi connectivity index (χ0) is 22.9. The van der Waals surface area contributed by atoms with Gasteiger partial charge in [0.2, 0.25) is 0 Å². The summed E-state index contributed by atoms with van der Waals surface area (Å²) in [6.07, 6.45) is 0. The summed E-state index contributed by atoms with van der Waals surface area (Å²) in [4.78, 5) is 2.78. The fourth-order valence-corrected chi connectivity index (χ4v) is 6.37. The topological polar surface area (TPSA) is 70.7 Å². The molecule has 1 aliphatic rings. The molecule has 2 N–H and O–H groups in total. The lowest BCUT2D eigenvalue weighted by Crippen LogP contribution is -2.54. The van der Waals surface area contributed by atoms with Crippen LogP contribution in [0.1, 0.15) is 13.8 Å². The number of methoxy groups -OCH3 is 1. The van der Waals surface area contributed by atoms with Crippen molar-refractivity contribution in [1.29, 1.82) is 0 Å². The Morgan fingerprint density at radius 2 is 1.81 bits per heavy atom. The fourth-order valence-electron chi connectivity index (χ4n) is 3.98. The maximum Gasteiger partial charge on any atom is 0.271 e. The minimum atomic E-state index is -3.88. The van der Waals surface area contributed by atoms with Crippen molar-refractivity contribution >= 4 is 32.7 Å². The molecule has 1 saturated heterocycles. The van der Waals surface area contributed by atoms with E-state index >= 15 is 0 Å². The Morgan fingerprint density at radius 3 is 2.50 bits per heavy atom. The van der Waals surface area contributed by atoms with Gasteiger partial charge in [0.15, 0.2) is 0 Å². The van der Waals surface area contributed by atoms with Crippen LogP contribution in [0.2, 0.25) is 0 Å². The number of sulfonamides is 1. The van der Waals surface area contributed by atoms with Crippen molar-refractivity contribution in [3.63, 3.8) is 0 Å². The minimum absolute atomic E-state index is 0.104. The first-order valence-electron chi connectivity index (χ1n) is 10.3. The van der Waals surface area contributed by atoms with E-state index in [0.29, 0.717) is 34.0 Å². The van der Waals surface area contributed by atoms with Crippen molar-refractivity contribution < 1.29 is 17.5 Å². The van der Waals surface area contributed by atoms with Crippen molar-refractivity contribution in [2.24, 2.45) is 0 Å². The van der Waals surface area contributed by atoms with Crippen LogP contribution in [0.15, 0.2) is 58.8 Å². The maximum atomic E-state index is 14.1. The largest absolute Gasteiger partial charge is 0.495 e. The lowest BCUT2D eigenvalue weighted by Gasteiger charge is -2.38. The summed E-state index contributed by atoms with van der Waals surface area (Å²) in [7, 11) is -2.38. The third kappa shape index (κ3) is 4.74. The predicted molar refractivity (Wildman–Crippen MR) is 128 cm³/mol. The summed E-state index contributed by atoms with van der Waals surface area (Å²) in [5.41, 5.74) is 1.66. The number of hydrogen-bond donors (Lipinski definition) is 2. The SMILES string of the molecule is COc1ccc(N2C[C@@H](C)N[C@@H](C)C2)cc1NS(=O)(=O)c1ccc(-c2ccccc2F)s1. The van der Waals surface area contributed by atoms with E-state index < -0.39 is 10.0 Å². The van der Waals surface area contributed by atoms with Crippen LogP contribution in [0.4, 0.5) is 15.8 Å². The molecule has 0 amide bonds. The van der Waals surface area contributed by atoms with Crippen molar-refractivity contribution in [3.8, 4) is 16.2 Å². The molecule has 4 rings (SSSR count). The maximum absolute atomic E-state index is 14.1. The minimum Gasteiger partial charge on any atom is -0.495 e. The molecule has 0 radical (unpaired) electrons. The molecule has 2 atom stereocenters. The zero-order valence-corrected chi connectivity index (χ0v) is 19.8. The van der Waals surface area contributed by atoms with E-state index in [0.717, 1.165) is 30.1 Å². The highest BCUT2D eigenvalue weighted by atomic mass is 32.2. The van der Waals surface area contributed by atoms with Gasteiger partial charge in [-0.15, -0.1) is 11.3 Å². The second-order valence-corrected chi connectivity index (χ2v) is 11.0. The highest BCUT2D eigenvalue weighted by Crippen LogP contribution is 2.36. The summed E-state index contributed by atoms with van der Waals surface area (Å²) >= 11 is 1.02. The van der Waals surface area contributed by atoms with E-state index in [2.05, 4.69) is 28.8 Å². The van der Waals surface area contributed by atoms with Gasteiger partial charge in [0, 0.05) is 41.3 Å². The van der Waals surface area contributed by atoms with Crippen LogP contribution in [0.3, 0.4) is 0 Å². The first-order chi connectivity index (χ1) is 15.3. The normalized spacial score (nSPS) is 19.1. The quantitative estimate of drug-likeness (QED) is 0.547. The molecule has 3 aromatic rings. The molecule has 1 aliphatic heterocycles. The van der Waals surface area contributed by atoms with Gasteiger partial charge in [0.25, 0.3) is 10.0 Å². The number of nitrogens with zero attached hydrogens (tertiary/aromatic N) is 1. The van der Waals surface area contributed by atoms with E-state index in [9.17, 15) is 12.8 Å². The summed E-state index contributed by atoms with van der Waals surface area (Å²) < 4.78 is 48.5. The van der Waals surface area contributed by atoms with Crippen LogP contribution in [0, 0.1) is 5.82 Å². The highest BCUT2D eigenvalue weighted by molar-refractivity contribution is 7.94. The number of thiophene rings is 1. The van der Waals surface area contributed by atoms with E-state index in [1.807, 2.05) is 6.07 Å². The lowest BCUT2D eigenvalue weighted by atomic mass is 10.1. The number of halogens is 1. The first-order valence-corrected chi connectivity index (χ1v) is 12.6. The standard InChI is InChI=1S/C23H26FN3O3S2/c1-15-13-27(14-16(2)25-15)17-8-9-21(30-3)20(12-17)26-32(28,29)23-11-10-22(31-23)18-6-4-5-7-19(18)24/h4-12,15-16,25-26H,13-14H2,1-3H3/t15-,16+. The summed E-state index contributed by atoms with van der Waals surface area (Å²) in [6.45, 7) is 5.89. The first kappa shape index (κ1) is 22.6. The molecule has 0 unspecified atom stereocenters. The molecular weight excluding hydrogens is 449 g/mol. The Hall–Kier alpha value is -2.62. The third-order valence-electron chi connectivity index (χ3n) is 5.34. The summed E-state index contributed by atoms with van der Waals surface area (Å²) in [6, 6.07) is 15.6. The smallest absolute Gasteiger partial charge is 0.271 e. The zero-order valence-electron chi connectivity index (χ0n) is 18.1. The van der Waals surface area contributed by atoms with Gasteiger partial charge in [-0.2, -0.15) is 0 Å². The highest BCUT2D eigenvalue weighted by Gasteiger charge is 2.24. The molecule has 0 bridgehead atoms. The van der Waals surface area contributed by atoms with E-state index in [-0.39, 0.29) is 10.0 Å². The Labute approximate surface area is 192 Å². The fraction of sp³-hybridized carbons (Fsp3) is 0.304. The summed E-state index contributed by atoms with van der Waals surface area (Å²) in [5.74, 6) is 0.0412. The molecule has 6 nitrogen and oxygen atoms in total. The Bertz CT molecular complexity index is 1200. The van der Waals surface area contributed by atoms with Gasteiger partial charge < -0.3 is 15.0 Å². The van der Waals surface area contributed by atoms with Gasteiger partial charge in [-0.05, 0) is 50.2 Å². The second-order valence-electron chi connectivity index (χ2n) is 7.96. The number of rotatable bonds is 6. The second kappa shape index (κ2) is 9.09. The monoisotopic (exact) mass is 475 g/mol. The van der Waals surface area contributed by atoms with Crippen LogP contribution in [0.25, 0.3) is 10.4 Å². The molecule has 2 aromatic carbocycles. The van der Waals surface area contributed by atoms with Crippen LogP contribution < -0.4 is 19.7 Å². The van der Waals surface area contributed by atoms with Gasteiger partial charge in [-0.3, -0.25) is 4.72 Å². The van der Waals surface area contributed by atoms with Crippen LogP contribution in [-0.4, -0.2) is 40.7 Å². The van der Waals surface area contributed by atoms with Crippen molar-refractivity contribution in [3.05, 3.63) is 60.4 Å². The Balaban J connectivity index is 1.62. The molecule has 2 heterocycles. The molecule has 0 aliphatic carbocycles. The Kier molecular flexibility index (Phi) is 6.41. The van der Waals surface area contributed by atoms with Crippen molar-refractivity contribution in [1.82, 2.24) is 5.32 Å². The van der Waals surface area contributed by atoms with Crippen molar-refractivity contribution in [2.75, 3.05) is 29.8 Å². The molecule has 170 valence electrons. The molecule has 0 spiro atoms. The van der Waals surface area contributed by atoms with E-state index in [1.165, 1.54) is 19.2 Å². The molecule has 9 heteroatoms. The average Bonchev–Trinajstić information content (AvgIpc) is 3.24. The van der Waals surface area contributed by atoms with Gasteiger partial charge >= 0.3 is 0 Å². The third-order valence-corrected chi connectivity index (χ3v) is 8.31. The molecular formula is C23H26FN3O3S2.